The third-order valence-corrected chi connectivity index (χ3v) is 2.48. The molecule has 3 N–H and O–H groups in total. The molecule has 0 saturated heterocycles. The molecule has 94 valence electrons. The predicted octanol–water partition coefficient (Wildman–Crippen LogP) is 0.789. The lowest BCUT2D eigenvalue weighted by atomic mass is 10.3. The molecule has 0 bridgehead atoms. The van der Waals surface area contributed by atoms with Gasteiger partial charge < -0.3 is 20.5 Å². The van der Waals surface area contributed by atoms with Crippen LogP contribution < -0.4 is 11.1 Å². The minimum Gasteiger partial charge on any atom is -0.389 e. The molecular formula is C11H17N3O2S. The minimum atomic E-state index is -0.00272. The Kier molecular flexibility index (Phi) is 5.82. The van der Waals surface area contributed by atoms with Crippen molar-refractivity contribution >= 4 is 23.0 Å². The van der Waals surface area contributed by atoms with Crippen LogP contribution in [0.15, 0.2) is 18.3 Å². The zero-order chi connectivity index (χ0) is 12.7. The van der Waals surface area contributed by atoms with Crippen molar-refractivity contribution in [3.05, 3.63) is 23.9 Å². The molecule has 1 atom stereocenters. The fourth-order valence-corrected chi connectivity index (χ4v) is 1.38. The molecular weight excluding hydrogens is 238 g/mol. The first-order valence-corrected chi connectivity index (χ1v) is 5.59. The van der Waals surface area contributed by atoms with E-state index in [0.717, 1.165) is 11.4 Å². The van der Waals surface area contributed by atoms with Crippen LogP contribution in [-0.2, 0) is 9.47 Å². The third-order valence-electron chi connectivity index (χ3n) is 2.24. The van der Waals surface area contributed by atoms with Crippen LogP contribution in [0.25, 0.3) is 0 Å². The Labute approximate surface area is 106 Å². The van der Waals surface area contributed by atoms with Crippen LogP contribution in [0.4, 0.5) is 5.82 Å². The number of hydrogen-bond acceptors (Lipinski definition) is 5. The summed E-state index contributed by atoms with van der Waals surface area (Å²) in [6.45, 7) is 1.16. The van der Waals surface area contributed by atoms with Crippen molar-refractivity contribution in [2.45, 2.75) is 6.10 Å². The maximum absolute atomic E-state index is 5.48. The van der Waals surface area contributed by atoms with E-state index in [1.54, 1.807) is 20.4 Å². The molecule has 0 fully saturated rings. The third kappa shape index (κ3) is 4.64. The van der Waals surface area contributed by atoms with E-state index in [1.807, 2.05) is 12.1 Å². The number of ether oxygens (including phenoxy) is 2. The first-order valence-electron chi connectivity index (χ1n) is 5.18. The number of nitrogens with zero attached hydrogens (tertiary/aromatic N) is 1. The summed E-state index contributed by atoms with van der Waals surface area (Å²) in [6, 6.07) is 3.66. The topological polar surface area (TPSA) is 69.4 Å². The van der Waals surface area contributed by atoms with Gasteiger partial charge in [0.25, 0.3) is 0 Å². The van der Waals surface area contributed by atoms with E-state index in [-0.39, 0.29) is 6.10 Å². The van der Waals surface area contributed by atoms with Crippen molar-refractivity contribution in [3.8, 4) is 0 Å². The van der Waals surface area contributed by atoms with Crippen molar-refractivity contribution in [2.75, 3.05) is 32.7 Å². The van der Waals surface area contributed by atoms with E-state index in [0.29, 0.717) is 18.1 Å². The molecule has 1 rings (SSSR count). The molecule has 0 saturated carbocycles. The Hall–Kier alpha value is -1.24. The monoisotopic (exact) mass is 255 g/mol. The smallest absolute Gasteiger partial charge is 0.126 e. The highest BCUT2D eigenvalue weighted by Gasteiger charge is 2.06. The van der Waals surface area contributed by atoms with E-state index in [1.165, 1.54) is 0 Å². The first-order chi connectivity index (χ1) is 8.17. The van der Waals surface area contributed by atoms with Crippen molar-refractivity contribution < 1.29 is 9.47 Å². The van der Waals surface area contributed by atoms with Crippen LogP contribution in [0.2, 0.25) is 0 Å². The highest BCUT2D eigenvalue weighted by atomic mass is 32.1. The number of nitrogens with two attached hydrogens (primary N) is 1. The van der Waals surface area contributed by atoms with Gasteiger partial charge in [0.1, 0.15) is 10.8 Å². The fourth-order valence-electron chi connectivity index (χ4n) is 1.26. The summed E-state index contributed by atoms with van der Waals surface area (Å²) in [4.78, 5) is 4.54. The number of hydrogen-bond donors (Lipinski definition) is 2. The largest absolute Gasteiger partial charge is 0.389 e. The molecule has 1 heterocycles. The second-order valence-corrected chi connectivity index (χ2v) is 3.93. The van der Waals surface area contributed by atoms with Gasteiger partial charge in [-0.1, -0.05) is 12.2 Å². The van der Waals surface area contributed by atoms with Crippen LogP contribution in [0.1, 0.15) is 5.56 Å². The molecule has 1 aromatic heterocycles. The summed E-state index contributed by atoms with van der Waals surface area (Å²) in [5, 5.41) is 3.15. The van der Waals surface area contributed by atoms with Gasteiger partial charge in [0.05, 0.1) is 12.7 Å². The average molecular weight is 255 g/mol. The Morgan fingerprint density at radius 2 is 2.29 bits per heavy atom. The Balaban J connectivity index is 2.48. The van der Waals surface area contributed by atoms with Crippen molar-refractivity contribution in [3.63, 3.8) is 0 Å². The maximum Gasteiger partial charge on any atom is 0.126 e. The summed E-state index contributed by atoms with van der Waals surface area (Å²) in [7, 11) is 3.29. The predicted molar refractivity (Wildman–Crippen MR) is 71.3 cm³/mol. The zero-order valence-corrected chi connectivity index (χ0v) is 10.8. The molecule has 6 heteroatoms. The van der Waals surface area contributed by atoms with Gasteiger partial charge >= 0.3 is 0 Å². The van der Waals surface area contributed by atoms with Gasteiger partial charge in [-0.2, -0.15) is 0 Å². The molecule has 17 heavy (non-hydrogen) atoms. The molecule has 0 aliphatic carbocycles. The molecule has 0 aliphatic rings. The molecule has 1 unspecified atom stereocenters. The van der Waals surface area contributed by atoms with Gasteiger partial charge in [0, 0.05) is 32.5 Å². The number of methoxy groups -OCH3 is 2. The van der Waals surface area contributed by atoms with E-state index in [9.17, 15) is 0 Å². The van der Waals surface area contributed by atoms with Crippen LogP contribution in [0, 0.1) is 0 Å². The second-order valence-electron chi connectivity index (χ2n) is 3.49. The Morgan fingerprint density at radius 1 is 1.53 bits per heavy atom. The van der Waals surface area contributed by atoms with Gasteiger partial charge in [-0.3, -0.25) is 0 Å². The average Bonchev–Trinajstić information content (AvgIpc) is 2.35. The molecule has 0 radical (unpaired) electrons. The van der Waals surface area contributed by atoms with Gasteiger partial charge in [0.2, 0.25) is 0 Å². The number of aromatic nitrogens is 1. The molecule has 1 aromatic rings. The van der Waals surface area contributed by atoms with Crippen LogP contribution in [0.5, 0.6) is 0 Å². The summed E-state index contributed by atoms with van der Waals surface area (Å²) in [5.41, 5.74) is 6.24. The lowest BCUT2D eigenvalue weighted by Crippen LogP contribution is -2.26. The number of nitrogens with one attached hydrogen (secondary N) is 1. The van der Waals surface area contributed by atoms with E-state index in [4.69, 9.17) is 27.4 Å². The number of pyridine rings is 1. The molecule has 0 aliphatic heterocycles. The van der Waals surface area contributed by atoms with Gasteiger partial charge in [0.15, 0.2) is 0 Å². The highest BCUT2D eigenvalue weighted by molar-refractivity contribution is 7.80. The highest BCUT2D eigenvalue weighted by Crippen LogP contribution is 2.05. The van der Waals surface area contributed by atoms with Crippen molar-refractivity contribution in [2.24, 2.45) is 5.73 Å². The summed E-state index contributed by atoms with van der Waals surface area (Å²) >= 11 is 4.85. The Morgan fingerprint density at radius 3 is 2.76 bits per heavy atom. The van der Waals surface area contributed by atoms with E-state index >= 15 is 0 Å². The molecule has 5 nitrogen and oxygen atoms in total. The molecule has 0 spiro atoms. The fraction of sp³-hybridized carbons (Fsp3) is 0.455. The first kappa shape index (κ1) is 13.8. The molecule has 0 amide bonds. The summed E-state index contributed by atoms with van der Waals surface area (Å²) in [6.07, 6.45) is 1.64. The van der Waals surface area contributed by atoms with Crippen molar-refractivity contribution in [1.82, 2.24) is 4.98 Å². The zero-order valence-electron chi connectivity index (χ0n) is 9.97. The number of rotatable bonds is 7. The van der Waals surface area contributed by atoms with Crippen LogP contribution in [-0.4, -0.2) is 43.4 Å². The SMILES string of the molecule is COCC(CNc1ccc(C(N)=S)cn1)OC. The van der Waals surface area contributed by atoms with E-state index in [2.05, 4.69) is 10.3 Å². The normalized spacial score (nSPS) is 12.1. The number of thiocarbonyl (C=S) groups is 1. The number of anilines is 1. The van der Waals surface area contributed by atoms with Gasteiger partial charge in [-0.15, -0.1) is 0 Å². The lowest BCUT2D eigenvalue weighted by Gasteiger charge is -2.15. The minimum absolute atomic E-state index is 0.00272. The van der Waals surface area contributed by atoms with Gasteiger partial charge in [-0.05, 0) is 12.1 Å². The van der Waals surface area contributed by atoms with Crippen LogP contribution in [0.3, 0.4) is 0 Å². The Bertz CT molecular complexity index is 356. The van der Waals surface area contributed by atoms with Gasteiger partial charge in [-0.25, -0.2) is 4.98 Å². The van der Waals surface area contributed by atoms with E-state index < -0.39 is 0 Å². The molecule has 0 aromatic carbocycles. The summed E-state index contributed by atoms with van der Waals surface area (Å²) < 4.78 is 10.2. The van der Waals surface area contributed by atoms with Crippen molar-refractivity contribution in [1.29, 1.82) is 0 Å². The summed E-state index contributed by atoms with van der Waals surface area (Å²) in [5.74, 6) is 0.753. The standard InChI is InChI=1S/C11H17N3O2S/c1-15-7-9(16-2)6-14-10-4-3-8(5-13-10)11(12)17/h3-5,9H,6-7H2,1-2H3,(H2,12,17)(H,13,14). The van der Waals surface area contributed by atoms with Crippen LogP contribution >= 0.6 is 12.2 Å². The maximum atomic E-state index is 5.48. The second kappa shape index (κ2) is 7.16. The quantitative estimate of drug-likeness (QED) is 0.702. The lowest BCUT2D eigenvalue weighted by molar-refractivity contribution is 0.0365.